The third-order valence-corrected chi connectivity index (χ3v) is 7.32. The Balaban J connectivity index is 1.94. The molecule has 23 heavy (non-hydrogen) atoms. The lowest BCUT2D eigenvalue weighted by Gasteiger charge is -2.44. The van der Waals surface area contributed by atoms with Crippen LogP contribution >= 0.6 is 11.8 Å². The van der Waals surface area contributed by atoms with Crippen LogP contribution in [0.15, 0.2) is 36.4 Å². The zero-order chi connectivity index (χ0) is 16.2. The van der Waals surface area contributed by atoms with Gasteiger partial charge in [0.1, 0.15) is 4.75 Å². The Hall–Kier alpha value is -1.30. The first-order chi connectivity index (χ1) is 11.2. The number of fused-ring (bicyclic) bond motifs is 8. The van der Waals surface area contributed by atoms with Gasteiger partial charge in [0.15, 0.2) is 0 Å². The van der Waals surface area contributed by atoms with Crippen LogP contribution in [0.5, 0.6) is 0 Å². The normalized spacial score (nSPS) is 39.9. The Kier molecular flexibility index (Phi) is 3.55. The number of carbonyl (C=O) groups is 1. The maximum Gasteiger partial charge on any atom is 0.326 e. The Morgan fingerprint density at radius 1 is 1.09 bits per heavy atom. The van der Waals surface area contributed by atoms with Crippen molar-refractivity contribution in [3.63, 3.8) is 0 Å². The third kappa shape index (κ3) is 1.78. The summed E-state index contributed by atoms with van der Waals surface area (Å²) in [6, 6.07) is 8.21. The minimum atomic E-state index is -0.705. The molecule has 1 fully saturated rings. The SMILES string of the molecule is COC(=O)[C@@]12S[C@@H](c3ccccc31)[C@@H]1[C@H]2[C@H](OC)C=C[C@@H]1OC. The van der Waals surface area contributed by atoms with Crippen molar-refractivity contribution in [1.29, 1.82) is 0 Å². The van der Waals surface area contributed by atoms with Gasteiger partial charge in [-0.1, -0.05) is 36.4 Å². The van der Waals surface area contributed by atoms with E-state index in [1.807, 2.05) is 18.2 Å². The van der Waals surface area contributed by atoms with Crippen molar-refractivity contribution in [2.24, 2.45) is 11.8 Å². The van der Waals surface area contributed by atoms with Gasteiger partial charge in [0.05, 0.1) is 19.3 Å². The maximum atomic E-state index is 12.9. The van der Waals surface area contributed by atoms with Gasteiger partial charge in [-0.3, -0.25) is 4.79 Å². The van der Waals surface area contributed by atoms with Gasteiger partial charge in [-0.05, 0) is 11.1 Å². The lowest BCUT2D eigenvalue weighted by Crippen LogP contribution is -2.51. The van der Waals surface area contributed by atoms with E-state index in [2.05, 4.69) is 18.2 Å². The fourth-order valence-electron chi connectivity index (χ4n) is 4.61. The van der Waals surface area contributed by atoms with Crippen LogP contribution in [0.25, 0.3) is 0 Å². The Bertz CT molecular complexity index is 673. The first-order valence-electron chi connectivity index (χ1n) is 7.78. The van der Waals surface area contributed by atoms with Gasteiger partial charge in [-0.25, -0.2) is 0 Å². The summed E-state index contributed by atoms with van der Waals surface area (Å²) >= 11 is 1.71. The van der Waals surface area contributed by atoms with E-state index >= 15 is 0 Å². The molecule has 0 N–H and O–H groups in total. The first kappa shape index (κ1) is 15.2. The second-order valence-electron chi connectivity index (χ2n) is 6.24. The van der Waals surface area contributed by atoms with E-state index in [1.165, 1.54) is 12.7 Å². The Morgan fingerprint density at radius 3 is 2.48 bits per heavy atom. The third-order valence-electron chi connectivity index (χ3n) is 5.47. The van der Waals surface area contributed by atoms with E-state index < -0.39 is 4.75 Å². The fourth-order valence-corrected chi connectivity index (χ4v) is 6.77. The van der Waals surface area contributed by atoms with Crippen molar-refractivity contribution < 1.29 is 19.0 Å². The maximum absolute atomic E-state index is 12.9. The molecule has 0 unspecified atom stereocenters. The number of benzene rings is 1. The van der Waals surface area contributed by atoms with Crippen molar-refractivity contribution in [2.75, 3.05) is 21.3 Å². The summed E-state index contributed by atoms with van der Waals surface area (Å²) in [6.45, 7) is 0. The molecule has 2 heterocycles. The van der Waals surface area contributed by atoms with Crippen LogP contribution in [0, 0.1) is 11.8 Å². The molecule has 6 atom stereocenters. The number of rotatable bonds is 3. The first-order valence-corrected chi connectivity index (χ1v) is 8.66. The van der Waals surface area contributed by atoms with E-state index in [0.29, 0.717) is 0 Å². The average molecular weight is 332 g/mol. The van der Waals surface area contributed by atoms with Crippen LogP contribution in [-0.4, -0.2) is 39.5 Å². The zero-order valence-electron chi connectivity index (χ0n) is 13.4. The molecule has 1 aliphatic carbocycles. The van der Waals surface area contributed by atoms with Crippen LogP contribution in [0.4, 0.5) is 0 Å². The largest absolute Gasteiger partial charge is 0.468 e. The van der Waals surface area contributed by atoms with E-state index in [1.54, 1.807) is 26.0 Å². The molecule has 1 aromatic rings. The van der Waals surface area contributed by atoms with Gasteiger partial charge in [0.2, 0.25) is 0 Å². The fraction of sp³-hybridized carbons (Fsp3) is 0.500. The second kappa shape index (κ2) is 5.36. The minimum absolute atomic E-state index is 0.0104. The van der Waals surface area contributed by atoms with Gasteiger partial charge < -0.3 is 14.2 Å². The summed E-state index contributed by atoms with van der Waals surface area (Å²) in [5.74, 6) is 0.0332. The van der Waals surface area contributed by atoms with Crippen molar-refractivity contribution in [3.8, 4) is 0 Å². The molecule has 0 amide bonds. The molecule has 0 radical (unpaired) electrons. The van der Waals surface area contributed by atoms with E-state index in [-0.39, 0.29) is 35.3 Å². The number of ether oxygens (including phenoxy) is 3. The molecule has 122 valence electrons. The summed E-state index contributed by atoms with van der Waals surface area (Å²) in [6.07, 6.45) is 3.98. The highest BCUT2D eigenvalue weighted by molar-refractivity contribution is 8.01. The Labute approximate surface area is 140 Å². The Morgan fingerprint density at radius 2 is 1.78 bits per heavy atom. The second-order valence-corrected chi connectivity index (χ2v) is 7.63. The van der Waals surface area contributed by atoms with Crippen molar-refractivity contribution in [2.45, 2.75) is 22.2 Å². The molecule has 2 bridgehead atoms. The quantitative estimate of drug-likeness (QED) is 0.629. The van der Waals surface area contributed by atoms with E-state index in [9.17, 15) is 4.79 Å². The molecule has 5 heteroatoms. The van der Waals surface area contributed by atoms with Crippen LogP contribution < -0.4 is 0 Å². The number of esters is 1. The highest BCUT2D eigenvalue weighted by Gasteiger charge is 2.69. The molecule has 4 rings (SSSR count). The van der Waals surface area contributed by atoms with Gasteiger partial charge in [-0.2, -0.15) is 0 Å². The van der Waals surface area contributed by atoms with Crippen molar-refractivity contribution in [3.05, 3.63) is 47.5 Å². The summed E-state index contributed by atoms with van der Waals surface area (Å²) in [5.41, 5.74) is 2.31. The smallest absolute Gasteiger partial charge is 0.326 e. The molecule has 0 saturated carbocycles. The van der Waals surface area contributed by atoms with Gasteiger partial charge >= 0.3 is 5.97 Å². The molecule has 0 aromatic heterocycles. The molecule has 4 nitrogen and oxygen atoms in total. The molecule has 1 aromatic carbocycles. The highest BCUT2D eigenvalue weighted by Crippen LogP contribution is 2.72. The predicted octanol–water partition coefficient (Wildman–Crippen LogP) is 2.69. The van der Waals surface area contributed by atoms with Gasteiger partial charge in [0, 0.05) is 31.3 Å². The van der Waals surface area contributed by atoms with E-state index in [4.69, 9.17) is 14.2 Å². The van der Waals surface area contributed by atoms with Gasteiger partial charge in [0.25, 0.3) is 0 Å². The van der Waals surface area contributed by atoms with E-state index in [0.717, 1.165) is 5.56 Å². The number of carbonyl (C=O) groups excluding carboxylic acids is 1. The lowest BCUT2D eigenvalue weighted by atomic mass is 9.63. The summed E-state index contributed by atoms with van der Waals surface area (Å²) in [7, 11) is 4.90. The molecule has 2 aliphatic heterocycles. The summed E-state index contributed by atoms with van der Waals surface area (Å²) in [5, 5.41) is 0.225. The predicted molar refractivity (Wildman–Crippen MR) is 88.2 cm³/mol. The summed E-state index contributed by atoms with van der Waals surface area (Å²) in [4.78, 5) is 12.9. The molecule has 3 aliphatic rings. The number of thioether (sulfide) groups is 1. The zero-order valence-corrected chi connectivity index (χ0v) is 14.2. The number of hydrogen-bond donors (Lipinski definition) is 0. The molecule has 1 saturated heterocycles. The van der Waals surface area contributed by atoms with Crippen LogP contribution in [0.3, 0.4) is 0 Å². The van der Waals surface area contributed by atoms with Gasteiger partial charge in [-0.15, -0.1) is 11.8 Å². The van der Waals surface area contributed by atoms with Crippen molar-refractivity contribution in [1.82, 2.24) is 0 Å². The van der Waals surface area contributed by atoms with Crippen molar-refractivity contribution >= 4 is 17.7 Å². The van der Waals surface area contributed by atoms with Crippen LogP contribution in [-0.2, 0) is 23.8 Å². The minimum Gasteiger partial charge on any atom is -0.468 e. The number of methoxy groups -OCH3 is 3. The lowest BCUT2D eigenvalue weighted by molar-refractivity contribution is -0.149. The van der Waals surface area contributed by atoms with Crippen LogP contribution in [0.1, 0.15) is 16.4 Å². The monoisotopic (exact) mass is 332 g/mol. The molecular weight excluding hydrogens is 312 g/mol. The average Bonchev–Trinajstić information content (AvgIpc) is 3.14. The topological polar surface area (TPSA) is 44.8 Å². The highest BCUT2D eigenvalue weighted by atomic mass is 32.2. The molecule has 0 spiro atoms. The number of hydrogen-bond acceptors (Lipinski definition) is 5. The standard InChI is InChI=1S/C18H20O4S/c1-20-12-8-9-13(21-2)15-14(12)16-10-6-4-5-7-11(10)18(15,23-16)17(19)22-3/h4-9,12-16H,1-3H3/t12-,13+,14-,15+,16-,18+/m0/s1. The molecular formula is C18H20O4S. The van der Waals surface area contributed by atoms with Crippen LogP contribution in [0.2, 0.25) is 0 Å². The summed E-state index contributed by atoms with van der Waals surface area (Å²) < 4.78 is 16.0.